The van der Waals surface area contributed by atoms with Gasteiger partial charge in [-0.3, -0.25) is 0 Å². The quantitative estimate of drug-likeness (QED) is 0.460. The lowest BCUT2D eigenvalue weighted by molar-refractivity contribution is 0.00808. The number of nitrogens with zero attached hydrogens (tertiary/aromatic N) is 1. The summed E-state index contributed by atoms with van der Waals surface area (Å²) < 4.78 is 10.6. The Hall–Kier alpha value is -0.120. The first-order valence-corrected chi connectivity index (χ1v) is 3.33. The summed E-state index contributed by atoms with van der Waals surface area (Å²) in [6.07, 6.45) is 0.275. The van der Waals surface area contributed by atoms with E-state index in [9.17, 15) is 0 Å². The zero-order valence-corrected chi connectivity index (χ0v) is 5.54. The van der Waals surface area contributed by atoms with Gasteiger partial charge in [-0.1, -0.05) is 0 Å². The van der Waals surface area contributed by atoms with Gasteiger partial charge in [-0.05, 0) is 6.92 Å². The molecule has 0 aliphatic carbocycles. The third-order valence-corrected chi connectivity index (χ3v) is 2.02. The molecule has 2 saturated heterocycles. The maximum Gasteiger partial charge on any atom is 0.110 e. The Kier molecular flexibility index (Phi) is 1.22. The van der Waals surface area contributed by atoms with Gasteiger partial charge in [-0.2, -0.15) is 0 Å². The predicted octanol–water partition coefficient (Wildman–Crippen LogP) is 0.0209. The van der Waals surface area contributed by atoms with E-state index in [4.69, 9.17) is 9.47 Å². The highest BCUT2D eigenvalue weighted by Crippen LogP contribution is 2.20. The molecule has 0 amide bonds. The minimum absolute atomic E-state index is 0.275. The van der Waals surface area contributed by atoms with Crippen LogP contribution in [0.3, 0.4) is 0 Å². The van der Waals surface area contributed by atoms with E-state index in [1.165, 1.54) is 0 Å². The number of hydrogen-bond donors (Lipinski definition) is 0. The van der Waals surface area contributed by atoms with Gasteiger partial charge in [0.2, 0.25) is 0 Å². The van der Waals surface area contributed by atoms with Crippen LogP contribution in [0.4, 0.5) is 0 Å². The molecule has 0 bridgehead atoms. The average Bonchev–Trinajstić information content (AvgIpc) is 2.35. The Labute approximate surface area is 54.5 Å². The maximum absolute atomic E-state index is 5.37. The van der Waals surface area contributed by atoms with Crippen molar-refractivity contribution < 1.29 is 9.47 Å². The SMILES string of the molecule is CC1OCC2COCN21. The van der Waals surface area contributed by atoms with Crippen LogP contribution in [0.15, 0.2) is 0 Å². The Morgan fingerprint density at radius 3 is 3.11 bits per heavy atom. The van der Waals surface area contributed by atoms with Gasteiger partial charge < -0.3 is 9.47 Å². The molecule has 2 atom stereocenters. The van der Waals surface area contributed by atoms with Gasteiger partial charge in [0.1, 0.15) is 13.0 Å². The van der Waals surface area contributed by atoms with Crippen molar-refractivity contribution in [3.8, 4) is 0 Å². The minimum Gasteiger partial charge on any atom is -0.364 e. The molecule has 0 saturated carbocycles. The van der Waals surface area contributed by atoms with Crippen LogP contribution >= 0.6 is 0 Å². The summed E-state index contributed by atoms with van der Waals surface area (Å²) in [4.78, 5) is 2.24. The van der Waals surface area contributed by atoms with Crippen molar-refractivity contribution in [3.63, 3.8) is 0 Å². The number of hydrogen-bond acceptors (Lipinski definition) is 3. The fourth-order valence-corrected chi connectivity index (χ4v) is 1.39. The Bertz CT molecular complexity index is 118. The highest BCUT2D eigenvalue weighted by molar-refractivity contribution is 4.80. The summed E-state index contributed by atoms with van der Waals surface area (Å²) in [5, 5.41) is 0. The average molecular weight is 129 g/mol. The second-order valence-corrected chi connectivity index (χ2v) is 2.60. The zero-order valence-electron chi connectivity index (χ0n) is 5.54. The zero-order chi connectivity index (χ0) is 6.27. The number of ether oxygens (including phenoxy) is 2. The molecule has 3 nitrogen and oxygen atoms in total. The molecule has 2 fully saturated rings. The molecule has 2 aliphatic rings. The maximum atomic E-state index is 5.37. The molecule has 0 aromatic carbocycles. The first-order chi connectivity index (χ1) is 4.38. The normalized spacial score (nSPS) is 43.7. The van der Waals surface area contributed by atoms with Crippen molar-refractivity contribution in [1.29, 1.82) is 0 Å². The van der Waals surface area contributed by atoms with Crippen molar-refractivity contribution in [2.75, 3.05) is 19.9 Å². The van der Waals surface area contributed by atoms with Crippen LogP contribution in [0, 0.1) is 0 Å². The smallest absolute Gasteiger partial charge is 0.110 e. The largest absolute Gasteiger partial charge is 0.364 e. The molecule has 2 rings (SSSR count). The molecule has 0 radical (unpaired) electrons. The summed E-state index contributed by atoms with van der Waals surface area (Å²) >= 11 is 0. The van der Waals surface area contributed by atoms with Gasteiger partial charge in [0.05, 0.1) is 19.3 Å². The summed E-state index contributed by atoms with van der Waals surface area (Å²) in [5.41, 5.74) is 0. The van der Waals surface area contributed by atoms with E-state index in [-0.39, 0.29) is 6.23 Å². The van der Waals surface area contributed by atoms with Crippen LogP contribution in [-0.4, -0.2) is 37.1 Å². The van der Waals surface area contributed by atoms with Crippen LogP contribution in [0.25, 0.3) is 0 Å². The van der Waals surface area contributed by atoms with Crippen molar-refractivity contribution in [3.05, 3.63) is 0 Å². The van der Waals surface area contributed by atoms with Gasteiger partial charge >= 0.3 is 0 Å². The third kappa shape index (κ3) is 0.764. The van der Waals surface area contributed by atoms with E-state index in [0.29, 0.717) is 6.04 Å². The molecule has 9 heavy (non-hydrogen) atoms. The Morgan fingerprint density at radius 1 is 1.44 bits per heavy atom. The lowest BCUT2D eigenvalue weighted by Gasteiger charge is -2.14. The predicted molar refractivity (Wildman–Crippen MR) is 31.9 cm³/mol. The van der Waals surface area contributed by atoms with Gasteiger partial charge in [0.15, 0.2) is 0 Å². The topological polar surface area (TPSA) is 21.7 Å². The van der Waals surface area contributed by atoms with Crippen molar-refractivity contribution in [2.45, 2.75) is 19.2 Å². The second kappa shape index (κ2) is 1.94. The van der Waals surface area contributed by atoms with Crippen molar-refractivity contribution in [1.82, 2.24) is 4.90 Å². The standard InChI is InChI=1S/C6H11NO2/c1-5-7-4-8-2-6(7)3-9-5/h5-6H,2-4H2,1H3. The fraction of sp³-hybridized carbons (Fsp3) is 1.00. The monoisotopic (exact) mass is 129 g/mol. The molecule has 0 aromatic heterocycles. The van der Waals surface area contributed by atoms with Gasteiger partial charge in [-0.25, -0.2) is 4.90 Å². The van der Waals surface area contributed by atoms with E-state index in [1.807, 2.05) is 0 Å². The van der Waals surface area contributed by atoms with Crippen LogP contribution < -0.4 is 0 Å². The summed E-state index contributed by atoms with van der Waals surface area (Å²) in [7, 11) is 0. The van der Waals surface area contributed by atoms with Gasteiger partial charge in [0.25, 0.3) is 0 Å². The molecule has 52 valence electrons. The first-order valence-electron chi connectivity index (χ1n) is 3.33. The lowest BCUT2D eigenvalue weighted by Crippen LogP contribution is -2.30. The van der Waals surface area contributed by atoms with Crippen molar-refractivity contribution >= 4 is 0 Å². The van der Waals surface area contributed by atoms with Crippen molar-refractivity contribution in [2.24, 2.45) is 0 Å². The molecular formula is C6H11NO2. The molecule has 2 aliphatic heterocycles. The van der Waals surface area contributed by atoms with Crippen LogP contribution in [-0.2, 0) is 9.47 Å². The van der Waals surface area contributed by atoms with E-state index in [2.05, 4.69) is 11.8 Å². The number of rotatable bonds is 0. The number of fused-ring (bicyclic) bond motifs is 1. The third-order valence-electron chi connectivity index (χ3n) is 2.02. The van der Waals surface area contributed by atoms with Crippen LogP contribution in [0.5, 0.6) is 0 Å². The Morgan fingerprint density at radius 2 is 2.33 bits per heavy atom. The molecule has 2 unspecified atom stereocenters. The summed E-state index contributed by atoms with van der Waals surface area (Å²) in [5.74, 6) is 0. The Balaban J connectivity index is 2.07. The van der Waals surface area contributed by atoms with E-state index in [0.717, 1.165) is 19.9 Å². The van der Waals surface area contributed by atoms with Gasteiger partial charge in [-0.15, -0.1) is 0 Å². The van der Waals surface area contributed by atoms with E-state index >= 15 is 0 Å². The molecule has 3 heteroatoms. The first kappa shape index (κ1) is 5.65. The molecular weight excluding hydrogens is 118 g/mol. The molecule has 0 N–H and O–H groups in total. The molecule has 0 aromatic rings. The van der Waals surface area contributed by atoms with Gasteiger partial charge in [0, 0.05) is 0 Å². The molecule has 2 heterocycles. The summed E-state index contributed by atoms with van der Waals surface area (Å²) in [6, 6.07) is 0.542. The van der Waals surface area contributed by atoms with Crippen LogP contribution in [0.2, 0.25) is 0 Å². The summed E-state index contributed by atoms with van der Waals surface area (Å²) in [6.45, 7) is 4.52. The van der Waals surface area contributed by atoms with E-state index in [1.54, 1.807) is 0 Å². The minimum atomic E-state index is 0.275. The van der Waals surface area contributed by atoms with E-state index < -0.39 is 0 Å². The highest BCUT2D eigenvalue weighted by Gasteiger charge is 2.35. The fourth-order valence-electron chi connectivity index (χ4n) is 1.39. The molecule has 0 spiro atoms. The highest BCUT2D eigenvalue weighted by atomic mass is 16.6. The van der Waals surface area contributed by atoms with Crippen LogP contribution in [0.1, 0.15) is 6.92 Å². The lowest BCUT2D eigenvalue weighted by atomic mass is 10.3. The second-order valence-electron chi connectivity index (χ2n) is 2.60.